The Balaban J connectivity index is 1.69. The van der Waals surface area contributed by atoms with Crippen LogP contribution in [0.2, 0.25) is 0 Å². The molecule has 29 heavy (non-hydrogen) atoms. The predicted molar refractivity (Wildman–Crippen MR) is 112 cm³/mol. The Morgan fingerprint density at radius 1 is 0.966 bits per heavy atom. The molecule has 2 saturated heterocycles. The topological polar surface area (TPSA) is 73.4 Å². The molecular formula is C20H32N4O4S. The van der Waals surface area contributed by atoms with E-state index in [1.807, 2.05) is 30.3 Å². The number of ether oxygens (including phenoxy) is 1. The van der Waals surface area contributed by atoms with Crippen LogP contribution in [0.15, 0.2) is 30.3 Å². The minimum absolute atomic E-state index is 0.0447. The second-order valence-corrected chi connectivity index (χ2v) is 9.21. The molecule has 1 atom stereocenters. The molecule has 8 nitrogen and oxygen atoms in total. The Hall–Kier alpha value is -1.52. The molecule has 0 radical (unpaired) electrons. The molecule has 0 N–H and O–H groups in total. The SMILES string of the molecule is CCN(CC)C(C(=O)N1CCN(S(=O)(=O)N2CCOCC2)CC1)c1ccccc1. The van der Waals surface area contributed by atoms with E-state index in [1.165, 1.54) is 8.61 Å². The van der Waals surface area contributed by atoms with Crippen molar-refractivity contribution in [2.24, 2.45) is 0 Å². The Labute approximate surface area is 174 Å². The lowest BCUT2D eigenvalue weighted by Crippen LogP contribution is -2.57. The van der Waals surface area contributed by atoms with Gasteiger partial charge in [-0.1, -0.05) is 44.2 Å². The van der Waals surface area contributed by atoms with E-state index in [0.717, 1.165) is 18.7 Å². The number of hydrogen-bond acceptors (Lipinski definition) is 5. The fourth-order valence-electron chi connectivity index (χ4n) is 3.99. The van der Waals surface area contributed by atoms with E-state index in [0.29, 0.717) is 52.5 Å². The maximum atomic E-state index is 13.4. The summed E-state index contributed by atoms with van der Waals surface area (Å²) >= 11 is 0. The van der Waals surface area contributed by atoms with Crippen LogP contribution in [0.1, 0.15) is 25.5 Å². The summed E-state index contributed by atoms with van der Waals surface area (Å²) in [6.07, 6.45) is 0. The van der Waals surface area contributed by atoms with Crippen molar-refractivity contribution < 1.29 is 17.9 Å². The number of carbonyl (C=O) groups is 1. The number of benzene rings is 1. The zero-order chi connectivity index (χ0) is 20.9. The van der Waals surface area contributed by atoms with E-state index in [9.17, 15) is 13.2 Å². The highest BCUT2D eigenvalue weighted by atomic mass is 32.2. The first-order valence-corrected chi connectivity index (χ1v) is 11.8. The zero-order valence-corrected chi connectivity index (χ0v) is 18.2. The third-order valence-electron chi connectivity index (χ3n) is 5.70. The van der Waals surface area contributed by atoms with Gasteiger partial charge in [0.1, 0.15) is 6.04 Å². The molecule has 2 fully saturated rings. The smallest absolute Gasteiger partial charge is 0.282 e. The Morgan fingerprint density at radius 2 is 1.52 bits per heavy atom. The molecule has 1 aromatic rings. The number of morpholine rings is 1. The molecule has 0 bridgehead atoms. The van der Waals surface area contributed by atoms with Gasteiger partial charge in [0, 0.05) is 39.3 Å². The van der Waals surface area contributed by atoms with Gasteiger partial charge in [-0.05, 0) is 18.7 Å². The van der Waals surface area contributed by atoms with Gasteiger partial charge < -0.3 is 9.64 Å². The van der Waals surface area contributed by atoms with E-state index in [1.54, 1.807) is 4.90 Å². The number of likely N-dealkylation sites (N-methyl/N-ethyl adjacent to an activating group) is 1. The van der Waals surface area contributed by atoms with Crippen molar-refractivity contribution in [1.29, 1.82) is 0 Å². The van der Waals surface area contributed by atoms with Crippen molar-refractivity contribution in [3.05, 3.63) is 35.9 Å². The summed E-state index contributed by atoms with van der Waals surface area (Å²) in [6, 6.07) is 9.48. The van der Waals surface area contributed by atoms with Gasteiger partial charge in [0.2, 0.25) is 5.91 Å². The van der Waals surface area contributed by atoms with E-state index >= 15 is 0 Å². The Kier molecular flexibility index (Phi) is 7.64. The lowest BCUT2D eigenvalue weighted by Gasteiger charge is -2.40. The molecule has 0 aliphatic carbocycles. The van der Waals surface area contributed by atoms with Gasteiger partial charge in [-0.25, -0.2) is 0 Å². The highest BCUT2D eigenvalue weighted by molar-refractivity contribution is 7.86. The van der Waals surface area contributed by atoms with Gasteiger partial charge >= 0.3 is 0 Å². The highest BCUT2D eigenvalue weighted by Crippen LogP contribution is 2.24. The molecule has 2 heterocycles. The van der Waals surface area contributed by atoms with E-state index < -0.39 is 10.2 Å². The average Bonchev–Trinajstić information content (AvgIpc) is 2.78. The molecule has 3 rings (SSSR count). The van der Waals surface area contributed by atoms with Crippen molar-refractivity contribution in [2.75, 3.05) is 65.6 Å². The first kappa shape index (κ1) is 22.2. The van der Waals surface area contributed by atoms with E-state index in [4.69, 9.17) is 4.74 Å². The van der Waals surface area contributed by atoms with Crippen molar-refractivity contribution in [3.8, 4) is 0 Å². The lowest BCUT2D eigenvalue weighted by atomic mass is 10.0. The maximum absolute atomic E-state index is 13.4. The van der Waals surface area contributed by atoms with Crippen LogP contribution in [0.5, 0.6) is 0 Å². The molecule has 0 spiro atoms. The van der Waals surface area contributed by atoms with Crippen LogP contribution in [-0.4, -0.2) is 98.3 Å². The monoisotopic (exact) mass is 424 g/mol. The number of rotatable bonds is 7. The zero-order valence-electron chi connectivity index (χ0n) is 17.4. The summed E-state index contributed by atoms with van der Waals surface area (Å²) in [4.78, 5) is 17.4. The van der Waals surface area contributed by atoms with Gasteiger partial charge in [-0.15, -0.1) is 0 Å². The van der Waals surface area contributed by atoms with Crippen molar-refractivity contribution >= 4 is 16.1 Å². The van der Waals surface area contributed by atoms with Crippen LogP contribution in [0.3, 0.4) is 0 Å². The summed E-state index contributed by atoms with van der Waals surface area (Å²) in [7, 11) is -3.49. The lowest BCUT2D eigenvalue weighted by molar-refractivity contribution is -0.138. The quantitative estimate of drug-likeness (QED) is 0.647. The molecule has 162 valence electrons. The molecule has 2 aliphatic rings. The van der Waals surface area contributed by atoms with E-state index in [-0.39, 0.29) is 11.9 Å². The van der Waals surface area contributed by atoms with Gasteiger partial charge in [0.05, 0.1) is 13.2 Å². The molecule has 1 amide bonds. The molecule has 2 aliphatic heterocycles. The minimum atomic E-state index is -3.49. The average molecular weight is 425 g/mol. The van der Waals surface area contributed by atoms with Crippen LogP contribution in [-0.2, 0) is 19.7 Å². The third-order valence-corrected chi connectivity index (χ3v) is 7.74. The first-order chi connectivity index (χ1) is 14.0. The molecular weight excluding hydrogens is 392 g/mol. The molecule has 1 unspecified atom stereocenters. The normalized spacial score (nSPS) is 20.7. The summed E-state index contributed by atoms with van der Waals surface area (Å²) < 4.78 is 34.0. The van der Waals surface area contributed by atoms with Crippen LogP contribution in [0.25, 0.3) is 0 Å². The molecule has 1 aromatic carbocycles. The van der Waals surface area contributed by atoms with Crippen molar-refractivity contribution in [1.82, 2.24) is 18.4 Å². The molecule has 9 heteroatoms. The maximum Gasteiger partial charge on any atom is 0.282 e. The summed E-state index contributed by atoms with van der Waals surface area (Å²) in [6.45, 7) is 8.76. The van der Waals surface area contributed by atoms with Crippen molar-refractivity contribution in [2.45, 2.75) is 19.9 Å². The van der Waals surface area contributed by atoms with Crippen LogP contribution in [0.4, 0.5) is 0 Å². The fraction of sp³-hybridized carbons (Fsp3) is 0.650. The van der Waals surface area contributed by atoms with Gasteiger partial charge in [-0.2, -0.15) is 17.0 Å². The number of hydrogen-bond donors (Lipinski definition) is 0. The predicted octanol–water partition coefficient (Wildman–Crippen LogP) is 0.791. The number of piperazine rings is 1. The van der Waals surface area contributed by atoms with Crippen LogP contribution >= 0.6 is 0 Å². The van der Waals surface area contributed by atoms with Crippen LogP contribution < -0.4 is 0 Å². The summed E-state index contributed by atoms with van der Waals surface area (Å²) in [5, 5.41) is 0. The van der Waals surface area contributed by atoms with Crippen LogP contribution in [0, 0.1) is 0 Å². The number of nitrogens with zero attached hydrogens (tertiary/aromatic N) is 4. The molecule has 0 saturated carbocycles. The standard InChI is InChI=1S/C20H32N4O4S/c1-3-21(4-2)19(18-8-6-5-7-9-18)20(25)22-10-12-23(13-11-22)29(26,27)24-14-16-28-17-15-24/h5-9,19H,3-4,10-17H2,1-2H3. The van der Waals surface area contributed by atoms with Crippen molar-refractivity contribution in [3.63, 3.8) is 0 Å². The minimum Gasteiger partial charge on any atom is -0.379 e. The summed E-state index contributed by atoms with van der Waals surface area (Å²) in [5.41, 5.74) is 0.976. The second kappa shape index (κ2) is 9.99. The van der Waals surface area contributed by atoms with E-state index in [2.05, 4.69) is 18.7 Å². The van der Waals surface area contributed by atoms with Gasteiger partial charge in [0.25, 0.3) is 10.2 Å². The largest absolute Gasteiger partial charge is 0.379 e. The molecule has 0 aromatic heterocycles. The van der Waals surface area contributed by atoms with Gasteiger partial charge in [0.15, 0.2) is 0 Å². The number of amides is 1. The Bertz CT molecular complexity index is 756. The second-order valence-electron chi connectivity index (χ2n) is 7.28. The first-order valence-electron chi connectivity index (χ1n) is 10.4. The Morgan fingerprint density at radius 3 is 2.07 bits per heavy atom. The number of carbonyl (C=O) groups excluding carboxylic acids is 1. The van der Waals surface area contributed by atoms with Gasteiger partial charge in [-0.3, -0.25) is 9.69 Å². The third kappa shape index (κ3) is 4.97. The summed E-state index contributed by atoms with van der Waals surface area (Å²) in [5.74, 6) is 0.0447. The fourth-order valence-corrected chi connectivity index (χ4v) is 5.55. The highest BCUT2D eigenvalue weighted by Gasteiger charge is 2.36.